The van der Waals surface area contributed by atoms with Crippen molar-refractivity contribution in [3.8, 4) is 23.0 Å². The number of hydrogen-bond donors (Lipinski definition) is 2. The zero-order valence-corrected chi connectivity index (χ0v) is 20.3. The lowest BCUT2D eigenvalue weighted by molar-refractivity contribution is -0.116. The number of ether oxygens (including phenoxy) is 4. The Morgan fingerprint density at radius 3 is 2.56 bits per heavy atom. The Hall–Kier alpha value is -4.13. The normalized spacial score (nSPS) is 20.0. The largest absolute Gasteiger partial charge is 0.493 e. The Morgan fingerprint density at radius 1 is 0.917 bits per heavy atom. The number of fused-ring (bicyclic) bond motifs is 2. The lowest BCUT2D eigenvalue weighted by Gasteiger charge is -2.30. The average molecular weight is 485 g/mol. The molecule has 0 radical (unpaired) electrons. The Labute approximate surface area is 210 Å². The van der Waals surface area contributed by atoms with Crippen LogP contribution in [0.2, 0.25) is 0 Å². The van der Waals surface area contributed by atoms with E-state index in [0.717, 1.165) is 39.5 Å². The number of para-hydroxylation sites is 2. The van der Waals surface area contributed by atoms with Crippen LogP contribution >= 0.6 is 0 Å². The molecule has 2 aliphatic heterocycles. The highest BCUT2D eigenvalue weighted by molar-refractivity contribution is 6.01. The monoisotopic (exact) mass is 484 g/mol. The van der Waals surface area contributed by atoms with Gasteiger partial charge in [-0.05, 0) is 66.8 Å². The number of anilines is 2. The van der Waals surface area contributed by atoms with Gasteiger partial charge in [0.05, 0.1) is 31.1 Å². The molecule has 7 nitrogen and oxygen atoms in total. The predicted molar refractivity (Wildman–Crippen MR) is 137 cm³/mol. The van der Waals surface area contributed by atoms with Crippen molar-refractivity contribution < 1.29 is 23.7 Å². The van der Waals surface area contributed by atoms with Gasteiger partial charge in [0.25, 0.3) is 0 Å². The lowest BCUT2D eigenvalue weighted by atomic mass is 9.78. The first-order valence-corrected chi connectivity index (χ1v) is 12.2. The molecular weight excluding hydrogens is 456 g/mol. The van der Waals surface area contributed by atoms with Crippen LogP contribution in [0.5, 0.6) is 23.0 Å². The summed E-state index contributed by atoms with van der Waals surface area (Å²) in [5, 5.41) is 7.21. The van der Waals surface area contributed by atoms with Gasteiger partial charge in [0, 0.05) is 17.7 Å². The van der Waals surface area contributed by atoms with Crippen molar-refractivity contribution in [2.75, 3.05) is 31.1 Å². The maximum atomic E-state index is 13.8. The van der Waals surface area contributed by atoms with Gasteiger partial charge in [0.15, 0.2) is 28.8 Å². The molecule has 36 heavy (non-hydrogen) atoms. The number of hydrogen-bond acceptors (Lipinski definition) is 7. The highest BCUT2D eigenvalue weighted by atomic mass is 16.7. The van der Waals surface area contributed by atoms with Crippen molar-refractivity contribution in [1.29, 1.82) is 0 Å². The summed E-state index contributed by atoms with van der Waals surface area (Å²) in [6, 6.07) is 19.6. The van der Waals surface area contributed by atoms with Gasteiger partial charge in [-0.2, -0.15) is 0 Å². The molecule has 2 N–H and O–H groups in total. The molecule has 0 saturated heterocycles. The molecule has 3 aliphatic rings. The van der Waals surface area contributed by atoms with Crippen molar-refractivity contribution in [3.05, 3.63) is 83.1 Å². The molecule has 184 valence electrons. The van der Waals surface area contributed by atoms with Crippen LogP contribution in [0.4, 0.5) is 11.4 Å². The number of methoxy groups -OCH3 is 1. The Balaban J connectivity index is 1.40. The number of carbonyl (C=O) groups is 1. The maximum absolute atomic E-state index is 13.8. The second-order valence-electron chi connectivity index (χ2n) is 9.12. The van der Waals surface area contributed by atoms with E-state index in [9.17, 15) is 4.79 Å². The molecule has 2 atom stereocenters. The van der Waals surface area contributed by atoms with E-state index in [-0.39, 0.29) is 24.5 Å². The number of rotatable bonds is 5. The zero-order chi connectivity index (χ0) is 24.6. The van der Waals surface area contributed by atoms with Gasteiger partial charge in [-0.1, -0.05) is 24.3 Å². The highest BCUT2D eigenvalue weighted by Crippen LogP contribution is 2.46. The molecule has 3 aromatic carbocycles. The van der Waals surface area contributed by atoms with Crippen molar-refractivity contribution in [2.45, 2.75) is 31.7 Å². The first-order valence-electron chi connectivity index (χ1n) is 12.2. The summed E-state index contributed by atoms with van der Waals surface area (Å²) in [4.78, 5) is 13.8. The van der Waals surface area contributed by atoms with E-state index in [0.29, 0.717) is 36.7 Å². The number of allylic oxidation sites excluding steroid dienone is 1. The number of ketones is 1. The second kappa shape index (κ2) is 9.15. The standard InChI is InChI=1S/C29H28N2O5/c1-3-34-24-10-8-17(14-26(24)33-2)19-12-22-28(23(32)13-19)29(31-21-7-5-4-6-20(21)30-22)18-9-11-25-27(15-18)36-16-35-25/h4-11,14-15,19,29-31H,3,12-13,16H2,1-2H3/t19-,29+/m0/s1. The topological polar surface area (TPSA) is 78.1 Å². The second-order valence-corrected chi connectivity index (χ2v) is 9.12. The van der Waals surface area contributed by atoms with Gasteiger partial charge >= 0.3 is 0 Å². The third-order valence-corrected chi connectivity index (χ3v) is 7.00. The molecule has 1 aliphatic carbocycles. The van der Waals surface area contributed by atoms with Gasteiger partial charge in [-0.25, -0.2) is 0 Å². The van der Waals surface area contributed by atoms with E-state index < -0.39 is 0 Å². The minimum atomic E-state index is -0.311. The van der Waals surface area contributed by atoms with Gasteiger partial charge in [-0.3, -0.25) is 4.79 Å². The number of Topliss-reactive ketones (excluding diaryl/α,β-unsaturated/α-hetero) is 1. The molecule has 0 fully saturated rings. The van der Waals surface area contributed by atoms with Gasteiger partial charge in [0.1, 0.15) is 0 Å². The summed E-state index contributed by atoms with van der Waals surface area (Å²) in [6.45, 7) is 2.72. The molecular formula is C29H28N2O5. The quantitative estimate of drug-likeness (QED) is 0.474. The molecule has 7 heteroatoms. The Bertz CT molecular complexity index is 1370. The number of nitrogens with one attached hydrogen (secondary N) is 2. The van der Waals surface area contributed by atoms with Crippen molar-refractivity contribution in [2.24, 2.45) is 0 Å². The summed E-state index contributed by atoms with van der Waals surface area (Å²) in [7, 11) is 1.64. The Kier molecular flexibility index (Phi) is 5.68. The third kappa shape index (κ3) is 3.90. The summed E-state index contributed by atoms with van der Waals surface area (Å²) < 4.78 is 22.4. The molecule has 0 amide bonds. The van der Waals surface area contributed by atoms with E-state index in [4.69, 9.17) is 18.9 Å². The SMILES string of the molecule is CCOc1ccc([C@@H]2CC(=O)C3=C(C2)Nc2ccccc2N[C@@H]3c2ccc3c(c2)OCO3)cc1OC. The average Bonchev–Trinajstić information content (AvgIpc) is 3.29. The fourth-order valence-electron chi connectivity index (χ4n) is 5.28. The van der Waals surface area contributed by atoms with E-state index in [2.05, 4.69) is 10.6 Å². The molecule has 2 heterocycles. The molecule has 6 rings (SSSR count). The molecule has 0 unspecified atom stereocenters. The highest BCUT2D eigenvalue weighted by Gasteiger charge is 2.36. The van der Waals surface area contributed by atoms with Crippen molar-refractivity contribution in [3.63, 3.8) is 0 Å². The fraction of sp³-hybridized carbons (Fsp3) is 0.276. The maximum Gasteiger partial charge on any atom is 0.231 e. The van der Waals surface area contributed by atoms with E-state index in [1.54, 1.807) is 7.11 Å². The fourth-order valence-corrected chi connectivity index (χ4v) is 5.28. The summed E-state index contributed by atoms with van der Waals surface area (Å²) in [6.07, 6.45) is 1.12. The molecule has 0 spiro atoms. The van der Waals surface area contributed by atoms with Crippen LogP contribution in [0, 0.1) is 0 Å². The van der Waals surface area contributed by atoms with Crippen LogP contribution in [0.15, 0.2) is 71.9 Å². The van der Waals surface area contributed by atoms with Gasteiger partial charge < -0.3 is 29.6 Å². The molecule has 3 aromatic rings. The van der Waals surface area contributed by atoms with Crippen LogP contribution in [0.25, 0.3) is 0 Å². The van der Waals surface area contributed by atoms with Gasteiger partial charge in [-0.15, -0.1) is 0 Å². The van der Waals surface area contributed by atoms with Crippen LogP contribution in [0.1, 0.15) is 42.9 Å². The van der Waals surface area contributed by atoms with Crippen molar-refractivity contribution >= 4 is 17.2 Å². The summed E-state index contributed by atoms with van der Waals surface area (Å²) in [5.41, 5.74) is 5.61. The van der Waals surface area contributed by atoms with E-state index in [1.807, 2.05) is 67.6 Å². The summed E-state index contributed by atoms with van der Waals surface area (Å²) >= 11 is 0. The summed E-state index contributed by atoms with van der Waals surface area (Å²) in [5.74, 6) is 2.95. The minimum absolute atomic E-state index is 0.0241. The predicted octanol–water partition coefficient (Wildman–Crippen LogP) is 5.80. The molecule has 0 aromatic heterocycles. The molecule has 0 saturated carbocycles. The zero-order valence-electron chi connectivity index (χ0n) is 20.3. The van der Waals surface area contributed by atoms with Crippen LogP contribution in [-0.2, 0) is 4.79 Å². The number of benzene rings is 3. The number of carbonyl (C=O) groups excluding carboxylic acids is 1. The van der Waals surface area contributed by atoms with Gasteiger partial charge in [0.2, 0.25) is 6.79 Å². The van der Waals surface area contributed by atoms with Crippen LogP contribution in [0.3, 0.4) is 0 Å². The third-order valence-electron chi connectivity index (χ3n) is 7.00. The molecule has 0 bridgehead atoms. The minimum Gasteiger partial charge on any atom is -0.493 e. The first kappa shape index (κ1) is 22.3. The van der Waals surface area contributed by atoms with E-state index in [1.165, 1.54) is 0 Å². The first-order chi connectivity index (χ1) is 17.6. The van der Waals surface area contributed by atoms with E-state index >= 15 is 0 Å². The smallest absolute Gasteiger partial charge is 0.231 e. The van der Waals surface area contributed by atoms with Crippen molar-refractivity contribution in [1.82, 2.24) is 0 Å². The lowest BCUT2D eigenvalue weighted by Crippen LogP contribution is -2.26. The van der Waals surface area contributed by atoms with Crippen LogP contribution in [-0.4, -0.2) is 26.3 Å². The van der Waals surface area contributed by atoms with Crippen LogP contribution < -0.4 is 29.6 Å². The Morgan fingerprint density at radius 2 is 1.72 bits per heavy atom.